The van der Waals surface area contributed by atoms with E-state index in [9.17, 15) is 5.26 Å². The Labute approximate surface area is 236 Å². The Hall–Kier alpha value is -5.64. The highest BCUT2D eigenvalue weighted by Gasteiger charge is 2.11. The molecule has 0 amide bonds. The third-order valence-electron chi connectivity index (χ3n) is 6.61. The van der Waals surface area contributed by atoms with Gasteiger partial charge in [-0.1, -0.05) is 103 Å². The largest absolute Gasteiger partial charge is 0.311 e. The Morgan fingerprint density at radius 2 is 1.12 bits per heavy atom. The molecule has 0 heterocycles. The van der Waals surface area contributed by atoms with Crippen LogP contribution in [0.4, 0.5) is 22.7 Å². The maximum atomic E-state index is 9.81. The molecule has 5 aromatic carbocycles. The quantitative estimate of drug-likeness (QED) is 0.160. The molecule has 5 aromatic rings. The Kier molecular flexibility index (Phi) is 7.97. The Morgan fingerprint density at radius 3 is 1.65 bits per heavy atom. The van der Waals surface area contributed by atoms with Crippen LogP contribution in [0, 0.1) is 24.8 Å². The van der Waals surface area contributed by atoms with Gasteiger partial charge in [-0.3, -0.25) is 0 Å². The molecule has 0 fully saturated rings. The summed E-state index contributed by atoms with van der Waals surface area (Å²) in [5.74, 6) is 0. The second-order valence-electron chi connectivity index (χ2n) is 9.40. The maximum Gasteiger partial charge on any atom is 0.194 e. The molecule has 0 atom stereocenters. The number of nitrogens with zero attached hydrogens (tertiary/aromatic N) is 3. The SMILES string of the molecule is [C-]#[N+]c1cc(C=Cc2ccc(C)cc2)c(C#N)cc1C=Cc1ccc(N(c2ccccc2)c2ccccc2)cc1. The summed E-state index contributed by atoms with van der Waals surface area (Å²) in [6.07, 6.45) is 7.75. The van der Waals surface area contributed by atoms with Crippen molar-refractivity contribution in [2.45, 2.75) is 6.92 Å². The monoisotopic (exact) mass is 513 g/mol. The van der Waals surface area contributed by atoms with Crippen molar-refractivity contribution >= 4 is 47.1 Å². The molecule has 3 heteroatoms. The number of rotatable bonds is 7. The lowest BCUT2D eigenvalue weighted by Crippen LogP contribution is -2.09. The fourth-order valence-corrected chi connectivity index (χ4v) is 4.47. The summed E-state index contributed by atoms with van der Waals surface area (Å²) in [5, 5.41) is 9.81. The summed E-state index contributed by atoms with van der Waals surface area (Å²) >= 11 is 0. The van der Waals surface area contributed by atoms with Crippen LogP contribution in [0.5, 0.6) is 0 Å². The van der Waals surface area contributed by atoms with Crippen molar-refractivity contribution in [3.63, 3.8) is 0 Å². The number of hydrogen-bond donors (Lipinski definition) is 0. The average molecular weight is 514 g/mol. The lowest BCUT2D eigenvalue weighted by Gasteiger charge is -2.25. The predicted molar refractivity (Wildman–Crippen MR) is 168 cm³/mol. The van der Waals surface area contributed by atoms with Crippen LogP contribution in [0.15, 0.2) is 121 Å². The molecule has 5 rings (SSSR count). The maximum absolute atomic E-state index is 9.81. The molecule has 0 bridgehead atoms. The molecular weight excluding hydrogens is 486 g/mol. The molecule has 0 spiro atoms. The van der Waals surface area contributed by atoms with Gasteiger partial charge >= 0.3 is 0 Å². The van der Waals surface area contributed by atoms with Crippen molar-refractivity contribution in [2.24, 2.45) is 0 Å². The fourth-order valence-electron chi connectivity index (χ4n) is 4.47. The van der Waals surface area contributed by atoms with Crippen molar-refractivity contribution in [3.8, 4) is 6.07 Å². The average Bonchev–Trinajstić information content (AvgIpc) is 3.01. The third kappa shape index (κ3) is 6.08. The summed E-state index contributed by atoms with van der Waals surface area (Å²) in [6.45, 7) is 9.78. The highest BCUT2D eigenvalue weighted by atomic mass is 15.1. The van der Waals surface area contributed by atoms with E-state index in [0.29, 0.717) is 11.3 Å². The molecule has 0 saturated carbocycles. The first kappa shape index (κ1) is 26.0. The molecule has 3 nitrogen and oxygen atoms in total. The molecule has 0 aliphatic carbocycles. The molecule has 0 aliphatic rings. The minimum atomic E-state index is 0.509. The van der Waals surface area contributed by atoms with E-state index in [4.69, 9.17) is 6.57 Å². The molecule has 0 unspecified atom stereocenters. The van der Waals surface area contributed by atoms with E-state index in [-0.39, 0.29) is 0 Å². The Balaban J connectivity index is 1.41. The van der Waals surface area contributed by atoms with E-state index in [1.165, 1.54) is 5.56 Å². The number of nitriles is 1. The van der Waals surface area contributed by atoms with E-state index in [1.807, 2.05) is 79.8 Å². The lowest BCUT2D eigenvalue weighted by atomic mass is 10.0. The smallest absolute Gasteiger partial charge is 0.194 e. The van der Waals surface area contributed by atoms with Crippen LogP contribution in [0.3, 0.4) is 0 Å². The molecule has 0 aromatic heterocycles. The molecule has 190 valence electrons. The highest BCUT2D eigenvalue weighted by Crippen LogP contribution is 2.34. The van der Waals surface area contributed by atoms with Crippen LogP contribution in [-0.4, -0.2) is 0 Å². The van der Waals surface area contributed by atoms with Crippen LogP contribution in [0.2, 0.25) is 0 Å². The first-order valence-electron chi connectivity index (χ1n) is 13.0. The van der Waals surface area contributed by atoms with E-state index in [1.54, 1.807) is 12.1 Å². The standard InChI is InChI=1S/C37H27N3/c1-28-13-15-29(16-14-28)17-21-31-26-37(39-2)32(25-33(31)27-38)22-18-30-19-23-36(24-20-30)40(34-9-5-3-6-10-34)35-11-7-4-8-12-35/h3-26H,1H3. The molecule has 0 aliphatic heterocycles. The molecule has 0 radical (unpaired) electrons. The minimum Gasteiger partial charge on any atom is -0.311 e. The van der Waals surface area contributed by atoms with Gasteiger partial charge in [-0.15, -0.1) is 0 Å². The summed E-state index contributed by atoms with van der Waals surface area (Å²) < 4.78 is 0. The zero-order chi connectivity index (χ0) is 27.7. The van der Waals surface area contributed by atoms with Gasteiger partial charge in [0.05, 0.1) is 18.2 Å². The topological polar surface area (TPSA) is 31.4 Å². The fraction of sp³-hybridized carbons (Fsp3) is 0.0270. The molecule has 40 heavy (non-hydrogen) atoms. The second kappa shape index (κ2) is 12.3. The van der Waals surface area contributed by atoms with Crippen LogP contribution in [0.1, 0.15) is 33.4 Å². The zero-order valence-electron chi connectivity index (χ0n) is 22.2. The van der Waals surface area contributed by atoms with Crippen molar-refractivity contribution in [2.75, 3.05) is 4.90 Å². The van der Waals surface area contributed by atoms with E-state index in [2.05, 4.69) is 76.5 Å². The van der Waals surface area contributed by atoms with Crippen LogP contribution in [0.25, 0.3) is 29.1 Å². The lowest BCUT2D eigenvalue weighted by molar-refractivity contribution is 1.28. The van der Waals surface area contributed by atoms with Gasteiger partial charge in [0.2, 0.25) is 0 Å². The van der Waals surface area contributed by atoms with Gasteiger partial charge in [0, 0.05) is 17.1 Å². The summed E-state index contributed by atoms with van der Waals surface area (Å²) in [4.78, 5) is 5.95. The van der Waals surface area contributed by atoms with Gasteiger partial charge in [0.15, 0.2) is 5.69 Å². The van der Waals surface area contributed by atoms with Crippen molar-refractivity contribution in [1.29, 1.82) is 5.26 Å². The van der Waals surface area contributed by atoms with Crippen LogP contribution in [-0.2, 0) is 0 Å². The number of benzene rings is 5. The summed E-state index contributed by atoms with van der Waals surface area (Å²) in [7, 11) is 0. The number of anilines is 3. The van der Waals surface area contributed by atoms with Gasteiger partial charge in [-0.05, 0) is 77.7 Å². The second-order valence-corrected chi connectivity index (χ2v) is 9.40. The van der Waals surface area contributed by atoms with Gasteiger partial charge in [0.1, 0.15) is 0 Å². The summed E-state index contributed by atoms with van der Waals surface area (Å²) in [6, 6.07) is 42.9. The Bertz CT molecular complexity index is 1690. The Morgan fingerprint density at radius 1 is 0.625 bits per heavy atom. The zero-order valence-corrected chi connectivity index (χ0v) is 22.2. The van der Waals surface area contributed by atoms with Crippen LogP contribution >= 0.6 is 0 Å². The van der Waals surface area contributed by atoms with Crippen molar-refractivity contribution in [3.05, 3.63) is 166 Å². The van der Waals surface area contributed by atoms with Gasteiger partial charge in [-0.25, -0.2) is 4.85 Å². The van der Waals surface area contributed by atoms with E-state index < -0.39 is 0 Å². The van der Waals surface area contributed by atoms with Gasteiger partial charge < -0.3 is 4.90 Å². The van der Waals surface area contributed by atoms with Crippen molar-refractivity contribution in [1.82, 2.24) is 0 Å². The van der Waals surface area contributed by atoms with Crippen LogP contribution < -0.4 is 4.90 Å². The normalized spacial score (nSPS) is 10.9. The van der Waals surface area contributed by atoms with Crippen molar-refractivity contribution < 1.29 is 0 Å². The summed E-state index contributed by atoms with van der Waals surface area (Å²) in [5.41, 5.74) is 8.96. The van der Waals surface area contributed by atoms with Gasteiger partial charge in [-0.2, -0.15) is 5.26 Å². The first-order chi connectivity index (χ1) is 19.6. The number of hydrogen-bond acceptors (Lipinski definition) is 2. The predicted octanol–water partition coefficient (Wildman–Crippen LogP) is 10.2. The van der Waals surface area contributed by atoms with E-state index >= 15 is 0 Å². The molecular formula is C37H27N3. The van der Waals surface area contributed by atoms with Gasteiger partial charge in [0.25, 0.3) is 0 Å². The first-order valence-corrected chi connectivity index (χ1v) is 13.0. The van der Waals surface area contributed by atoms with E-state index in [0.717, 1.165) is 39.3 Å². The minimum absolute atomic E-state index is 0.509. The number of para-hydroxylation sites is 2. The molecule has 0 N–H and O–H groups in total. The highest BCUT2D eigenvalue weighted by molar-refractivity contribution is 5.83. The number of aryl methyl sites for hydroxylation is 1. The third-order valence-corrected chi connectivity index (χ3v) is 6.61. The molecule has 0 saturated heterocycles.